The van der Waals surface area contributed by atoms with Gasteiger partial charge in [0.1, 0.15) is 24.9 Å². The van der Waals surface area contributed by atoms with Crippen LogP contribution in [0.4, 0.5) is 5.69 Å². The van der Waals surface area contributed by atoms with Crippen LogP contribution < -0.4 is 20.3 Å². The summed E-state index contributed by atoms with van der Waals surface area (Å²) in [5, 5.41) is 7.43. The Hall–Kier alpha value is -2.15. The van der Waals surface area contributed by atoms with Gasteiger partial charge in [0.15, 0.2) is 5.11 Å². The van der Waals surface area contributed by atoms with Crippen molar-refractivity contribution in [2.45, 2.75) is 19.9 Å². The fourth-order valence-electron chi connectivity index (χ4n) is 3.56. The molecule has 1 fully saturated rings. The monoisotopic (exact) mass is 400 g/mol. The Kier molecular flexibility index (Phi) is 7.25. The number of hydrogen-bond acceptors (Lipinski definition) is 3. The second-order valence-electron chi connectivity index (χ2n) is 7.18. The van der Waals surface area contributed by atoms with Crippen LogP contribution in [0.15, 0.2) is 42.5 Å². The molecule has 0 amide bonds. The summed E-state index contributed by atoms with van der Waals surface area (Å²) in [7, 11) is 1.69. The highest BCUT2D eigenvalue weighted by Gasteiger charge is 2.26. The molecule has 0 aliphatic carbocycles. The van der Waals surface area contributed by atoms with E-state index in [1.54, 1.807) is 7.11 Å². The van der Waals surface area contributed by atoms with Crippen molar-refractivity contribution < 1.29 is 14.4 Å². The second-order valence-corrected chi connectivity index (χ2v) is 7.59. The summed E-state index contributed by atoms with van der Waals surface area (Å²) in [5.74, 6) is 0.875. The van der Waals surface area contributed by atoms with Crippen molar-refractivity contribution in [1.29, 1.82) is 0 Å². The molecule has 1 heterocycles. The van der Waals surface area contributed by atoms with Gasteiger partial charge in [-0.1, -0.05) is 12.1 Å². The number of ether oxygens (including phenoxy) is 2. The molecule has 0 aromatic heterocycles. The van der Waals surface area contributed by atoms with Crippen LogP contribution in [0.25, 0.3) is 0 Å². The Morgan fingerprint density at radius 3 is 2.54 bits per heavy atom. The van der Waals surface area contributed by atoms with Crippen molar-refractivity contribution in [3.63, 3.8) is 0 Å². The van der Waals surface area contributed by atoms with E-state index >= 15 is 0 Å². The number of anilines is 1. The molecule has 3 N–H and O–H groups in total. The minimum atomic E-state index is 0.299. The first kappa shape index (κ1) is 20.6. The Labute approximate surface area is 173 Å². The molecular weight excluding hydrogens is 370 g/mol. The molecule has 1 saturated heterocycles. The number of benzene rings is 2. The van der Waals surface area contributed by atoms with Crippen molar-refractivity contribution in [3.05, 3.63) is 59.2 Å². The predicted molar refractivity (Wildman–Crippen MR) is 117 cm³/mol. The first-order chi connectivity index (χ1) is 13.6. The topological polar surface area (TPSA) is 47.0 Å². The Bertz CT molecular complexity index is 789. The number of rotatable bonds is 6. The molecule has 5 nitrogen and oxygen atoms in total. The Morgan fingerprint density at radius 2 is 1.86 bits per heavy atom. The lowest BCUT2D eigenvalue weighted by Gasteiger charge is -2.32. The van der Waals surface area contributed by atoms with Gasteiger partial charge >= 0.3 is 0 Å². The molecule has 0 radical (unpaired) electrons. The van der Waals surface area contributed by atoms with E-state index in [-0.39, 0.29) is 0 Å². The lowest BCUT2D eigenvalue weighted by Crippen LogP contribution is -3.15. The van der Waals surface area contributed by atoms with Gasteiger partial charge in [0, 0.05) is 11.3 Å². The summed E-state index contributed by atoms with van der Waals surface area (Å²) >= 11 is 5.57. The van der Waals surface area contributed by atoms with E-state index in [0.717, 1.165) is 44.3 Å². The SMILES string of the molecule is COc1ccc([C@H](CNC(=S)Nc2cccc(C)c2C)[NH+]2CCOCC2)cc1. The maximum atomic E-state index is 5.57. The van der Waals surface area contributed by atoms with Crippen LogP contribution in [-0.4, -0.2) is 45.1 Å². The normalized spacial score (nSPS) is 15.7. The first-order valence-electron chi connectivity index (χ1n) is 9.76. The van der Waals surface area contributed by atoms with Crippen LogP contribution in [0.2, 0.25) is 0 Å². The van der Waals surface area contributed by atoms with Crippen LogP contribution in [0.3, 0.4) is 0 Å². The van der Waals surface area contributed by atoms with Gasteiger partial charge in [0.05, 0.1) is 26.9 Å². The molecule has 0 bridgehead atoms. The van der Waals surface area contributed by atoms with E-state index < -0.39 is 0 Å². The van der Waals surface area contributed by atoms with Gasteiger partial charge in [-0.05, 0) is 67.5 Å². The largest absolute Gasteiger partial charge is 0.497 e. The molecule has 0 unspecified atom stereocenters. The van der Waals surface area contributed by atoms with E-state index in [1.807, 2.05) is 18.2 Å². The minimum Gasteiger partial charge on any atom is -0.497 e. The van der Waals surface area contributed by atoms with Crippen molar-refractivity contribution in [2.75, 3.05) is 45.3 Å². The van der Waals surface area contributed by atoms with Crippen LogP contribution >= 0.6 is 12.2 Å². The van der Waals surface area contributed by atoms with Gasteiger partial charge < -0.3 is 25.0 Å². The number of hydrogen-bond donors (Lipinski definition) is 3. The first-order valence-corrected chi connectivity index (χ1v) is 10.2. The average molecular weight is 401 g/mol. The minimum absolute atomic E-state index is 0.299. The summed E-state index contributed by atoms with van der Waals surface area (Å²) in [6, 6.07) is 14.9. The summed E-state index contributed by atoms with van der Waals surface area (Å²) < 4.78 is 10.9. The summed E-state index contributed by atoms with van der Waals surface area (Å²) in [5.41, 5.74) is 4.80. The fourth-order valence-corrected chi connectivity index (χ4v) is 3.76. The van der Waals surface area contributed by atoms with Gasteiger partial charge in [-0.3, -0.25) is 0 Å². The molecule has 0 saturated carbocycles. The molecule has 1 atom stereocenters. The number of morpholine rings is 1. The molecule has 150 valence electrons. The van der Waals surface area contributed by atoms with E-state index in [0.29, 0.717) is 11.2 Å². The summed E-state index contributed by atoms with van der Waals surface area (Å²) in [6.45, 7) is 8.57. The zero-order valence-corrected chi connectivity index (χ0v) is 17.7. The quantitative estimate of drug-likeness (QED) is 0.650. The number of quaternary nitrogens is 1. The van der Waals surface area contributed by atoms with Gasteiger partial charge in [-0.2, -0.15) is 0 Å². The Balaban J connectivity index is 1.68. The standard InChI is InChI=1S/C22H29N3O2S/c1-16-5-4-6-20(17(16)2)24-22(28)23-15-21(25-11-13-27-14-12-25)18-7-9-19(26-3)10-8-18/h4-10,21H,11-15H2,1-3H3,(H2,23,24,28)/p+1/t21-/m0/s1. The number of aryl methyl sites for hydroxylation is 1. The van der Waals surface area contributed by atoms with Crippen LogP contribution in [0, 0.1) is 13.8 Å². The van der Waals surface area contributed by atoms with Crippen LogP contribution in [0.5, 0.6) is 5.75 Å². The highest BCUT2D eigenvalue weighted by atomic mass is 32.1. The van der Waals surface area contributed by atoms with E-state index in [2.05, 4.69) is 48.7 Å². The smallest absolute Gasteiger partial charge is 0.171 e. The molecule has 2 aromatic rings. The predicted octanol–water partition coefficient (Wildman–Crippen LogP) is 2.25. The van der Waals surface area contributed by atoms with Gasteiger partial charge in [-0.25, -0.2) is 0 Å². The third kappa shape index (κ3) is 5.22. The molecule has 3 rings (SSSR count). The van der Waals surface area contributed by atoms with Crippen LogP contribution in [-0.2, 0) is 4.74 Å². The molecule has 0 spiro atoms. The van der Waals surface area contributed by atoms with Crippen LogP contribution in [0.1, 0.15) is 22.7 Å². The maximum absolute atomic E-state index is 5.57. The summed E-state index contributed by atoms with van der Waals surface area (Å²) in [4.78, 5) is 1.51. The van der Waals surface area contributed by atoms with E-state index in [9.17, 15) is 0 Å². The third-order valence-electron chi connectivity index (χ3n) is 5.47. The summed E-state index contributed by atoms with van der Waals surface area (Å²) in [6.07, 6.45) is 0. The van der Waals surface area contributed by atoms with Crippen molar-refractivity contribution in [1.82, 2.24) is 5.32 Å². The lowest BCUT2D eigenvalue weighted by molar-refractivity contribution is -0.937. The molecule has 28 heavy (non-hydrogen) atoms. The highest BCUT2D eigenvalue weighted by molar-refractivity contribution is 7.80. The molecular formula is C22H30N3O2S+. The van der Waals surface area contributed by atoms with Crippen molar-refractivity contribution >= 4 is 23.0 Å². The Morgan fingerprint density at radius 1 is 1.14 bits per heavy atom. The lowest BCUT2D eigenvalue weighted by atomic mass is 10.0. The fraction of sp³-hybridized carbons (Fsp3) is 0.409. The number of nitrogens with one attached hydrogen (secondary N) is 3. The second kappa shape index (κ2) is 9.87. The van der Waals surface area contributed by atoms with Gasteiger partial charge in [0.25, 0.3) is 0 Å². The molecule has 1 aliphatic rings. The molecule has 6 heteroatoms. The zero-order chi connectivity index (χ0) is 19.9. The molecule has 1 aliphatic heterocycles. The molecule has 2 aromatic carbocycles. The van der Waals surface area contributed by atoms with Gasteiger partial charge in [0.2, 0.25) is 0 Å². The number of methoxy groups -OCH3 is 1. The van der Waals surface area contributed by atoms with Crippen molar-refractivity contribution in [2.24, 2.45) is 0 Å². The van der Waals surface area contributed by atoms with Crippen molar-refractivity contribution in [3.8, 4) is 5.75 Å². The number of thiocarbonyl (C=S) groups is 1. The maximum Gasteiger partial charge on any atom is 0.171 e. The zero-order valence-electron chi connectivity index (χ0n) is 16.9. The highest BCUT2D eigenvalue weighted by Crippen LogP contribution is 2.18. The van der Waals surface area contributed by atoms with E-state index in [1.165, 1.54) is 21.6 Å². The van der Waals surface area contributed by atoms with E-state index in [4.69, 9.17) is 21.7 Å². The third-order valence-corrected chi connectivity index (χ3v) is 5.71. The van der Waals surface area contributed by atoms with Gasteiger partial charge in [-0.15, -0.1) is 0 Å². The average Bonchev–Trinajstić information content (AvgIpc) is 2.73.